The van der Waals surface area contributed by atoms with Crippen LogP contribution in [0.15, 0.2) is 52.2 Å². The number of halogens is 1. The van der Waals surface area contributed by atoms with Crippen LogP contribution in [0.1, 0.15) is 24.3 Å². The van der Waals surface area contributed by atoms with E-state index < -0.39 is 0 Å². The van der Waals surface area contributed by atoms with Gasteiger partial charge in [-0.1, -0.05) is 0 Å². The summed E-state index contributed by atoms with van der Waals surface area (Å²) in [5.41, 5.74) is 2.63. The number of fused-ring (bicyclic) bond motifs is 1. The number of cyclic esters (lactones) is 1. The second kappa shape index (κ2) is 9.25. The zero-order chi connectivity index (χ0) is 24.8. The average molecular weight is 509 g/mol. The first-order valence-electron chi connectivity index (χ1n) is 12.1. The molecular formula is C26H25FN4O4S. The zero-order valence-corrected chi connectivity index (χ0v) is 20.3. The van der Waals surface area contributed by atoms with E-state index in [2.05, 4.69) is 10.6 Å². The van der Waals surface area contributed by atoms with Crippen LogP contribution in [0.25, 0.3) is 10.9 Å². The van der Waals surface area contributed by atoms with E-state index >= 15 is 0 Å². The second-order valence-corrected chi connectivity index (χ2v) is 10.4. The van der Waals surface area contributed by atoms with Crippen LogP contribution in [-0.4, -0.2) is 48.1 Å². The number of hydrogen-bond donors (Lipinski definition) is 2. The number of amides is 2. The Morgan fingerprint density at radius 3 is 2.86 bits per heavy atom. The number of benzene rings is 2. The number of anilines is 2. The summed E-state index contributed by atoms with van der Waals surface area (Å²) in [5, 5.41) is 7.12. The number of nitrogens with one attached hydrogen (secondary N) is 2. The van der Waals surface area contributed by atoms with E-state index in [1.54, 1.807) is 21.6 Å². The summed E-state index contributed by atoms with van der Waals surface area (Å²) in [6.07, 6.45) is 0.871. The van der Waals surface area contributed by atoms with Gasteiger partial charge in [0.2, 0.25) is 5.91 Å². The Kier molecular flexibility index (Phi) is 5.93. The quantitative estimate of drug-likeness (QED) is 0.473. The lowest BCUT2D eigenvalue weighted by Gasteiger charge is -2.20. The van der Waals surface area contributed by atoms with Crippen LogP contribution in [0.2, 0.25) is 0 Å². The van der Waals surface area contributed by atoms with Gasteiger partial charge in [0.25, 0.3) is 5.56 Å². The molecule has 2 aromatic carbocycles. The van der Waals surface area contributed by atoms with Crippen molar-refractivity contribution in [1.82, 2.24) is 9.88 Å². The number of thioether (sulfide) groups is 1. The third kappa shape index (κ3) is 4.14. The molecular weight excluding hydrogens is 483 g/mol. The van der Waals surface area contributed by atoms with Gasteiger partial charge in [-0.2, -0.15) is 0 Å². The van der Waals surface area contributed by atoms with Crippen molar-refractivity contribution in [3.8, 4) is 0 Å². The Hall–Kier alpha value is -3.37. The van der Waals surface area contributed by atoms with Gasteiger partial charge < -0.3 is 19.9 Å². The standard InChI is InChI=1S/C26H25FN4O4S/c27-19-6-3-15-4-8-23(33)31-12-16(24(19)25(15)31)11-28-9-1-2-18-13-30(26(34)35-18)17-5-7-21-20(10-17)29-22(32)14-36-21/h3-8,10,16,18,28H,1-2,9,11-14H2,(H,29,32)/t16?,18-/m1/s1. The van der Waals surface area contributed by atoms with E-state index in [-0.39, 0.29) is 35.4 Å². The first kappa shape index (κ1) is 23.1. The lowest BCUT2D eigenvalue weighted by Crippen LogP contribution is -2.27. The largest absolute Gasteiger partial charge is 0.444 e. The summed E-state index contributed by atoms with van der Waals surface area (Å²) in [5.74, 6) is -0.0342. The van der Waals surface area contributed by atoms with Gasteiger partial charge in [0, 0.05) is 41.2 Å². The van der Waals surface area contributed by atoms with Crippen LogP contribution < -0.4 is 21.1 Å². The van der Waals surface area contributed by atoms with Crippen LogP contribution in [0.3, 0.4) is 0 Å². The third-order valence-electron chi connectivity index (χ3n) is 7.00. The first-order chi connectivity index (χ1) is 17.5. The highest BCUT2D eigenvalue weighted by atomic mass is 32.2. The molecule has 36 heavy (non-hydrogen) atoms. The van der Waals surface area contributed by atoms with Crippen LogP contribution >= 0.6 is 11.8 Å². The van der Waals surface area contributed by atoms with Crippen molar-refractivity contribution in [2.45, 2.75) is 36.3 Å². The molecule has 3 aliphatic heterocycles. The van der Waals surface area contributed by atoms with Crippen LogP contribution in [-0.2, 0) is 16.1 Å². The molecule has 0 saturated carbocycles. The summed E-state index contributed by atoms with van der Waals surface area (Å²) in [7, 11) is 0. The van der Waals surface area contributed by atoms with E-state index in [0.717, 1.165) is 22.4 Å². The predicted octanol–water partition coefficient (Wildman–Crippen LogP) is 3.68. The number of hydrogen-bond acceptors (Lipinski definition) is 6. The smallest absolute Gasteiger partial charge is 0.414 e. The van der Waals surface area contributed by atoms with Gasteiger partial charge >= 0.3 is 6.09 Å². The lowest BCUT2D eigenvalue weighted by molar-refractivity contribution is -0.113. The van der Waals surface area contributed by atoms with Crippen LogP contribution in [0.5, 0.6) is 0 Å². The summed E-state index contributed by atoms with van der Waals surface area (Å²) in [6.45, 7) is 2.17. The maximum absolute atomic E-state index is 14.6. The highest BCUT2D eigenvalue weighted by molar-refractivity contribution is 8.00. The van der Waals surface area contributed by atoms with Crippen molar-refractivity contribution in [2.75, 3.05) is 35.6 Å². The predicted molar refractivity (Wildman–Crippen MR) is 136 cm³/mol. The molecule has 3 aliphatic rings. The summed E-state index contributed by atoms with van der Waals surface area (Å²) < 4.78 is 21.8. The Morgan fingerprint density at radius 1 is 1.11 bits per heavy atom. The molecule has 1 fully saturated rings. The van der Waals surface area contributed by atoms with E-state index in [1.807, 2.05) is 18.2 Å². The Labute approximate surface area is 210 Å². The van der Waals surface area contributed by atoms with Gasteiger partial charge in [0.15, 0.2) is 0 Å². The molecule has 1 unspecified atom stereocenters. The van der Waals surface area contributed by atoms with Crippen molar-refractivity contribution in [3.63, 3.8) is 0 Å². The molecule has 0 bridgehead atoms. The molecule has 0 spiro atoms. The number of rotatable bonds is 7. The van der Waals surface area contributed by atoms with E-state index in [4.69, 9.17) is 4.74 Å². The van der Waals surface area contributed by atoms with Gasteiger partial charge in [-0.25, -0.2) is 9.18 Å². The molecule has 6 rings (SSSR count). The van der Waals surface area contributed by atoms with E-state index in [0.29, 0.717) is 55.1 Å². The fourth-order valence-electron chi connectivity index (χ4n) is 5.30. The van der Waals surface area contributed by atoms with Gasteiger partial charge in [0.05, 0.1) is 23.5 Å². The normalized spacial score (nSPS) is 20.5. The maximum atomic E-state index is 14.6. The SMILES string of the molecule is O=C1CSc2ccc(N3C[C@@H](CCCNCC4Cn5c(=O)ccc6ccc(F)c4c65)OC3=O)cc2N1. The zero-order valence-electron chi connectivity index (χ0n) is 19.5. The van der Waals surface area contributed by atoms with E-state index in [9.17, 15) is 18.8 Å². The van der Waals surface area contributed by atoms with Gasteiger partial charge in [-0.15, -0.1) is 11.8 Å². The van der Waals surface area contributed by atoms with Crippen molar-refractivity contribution < 1.29 is 18.7 Å². The molecule has 2 N–H and O–H groups in total. The fourth-order valence-corrected chi connectivity index (χ4v) is 6.09. The number of nitrogens with zero attached hydrogens (tertiary/aromatic N) is 2. The van der Waals surface area contributed by atoms with Gasteiger partial charge in [-0.3, -0.25) is 14.5 Å². The topological polar surface area (TPSA) is 92.7 Å². The molecule has 3 aromatic rings. The minimum absolute atomic E-state index is 0.0491. The molecule has 1 saturated heterocycles. The molecule has 10 heteroatoms. The van der Waals surface area contributed by atoms with Crippen LogP contribution in [0, 0.1) is 5.82 Å². The number of carbonyl (C=O) groups is 2. The van der Waals surface area contributed by atoms with Crippen molar-refractivity contribution in [2.24, 2.45) is 0 Å². The minimum atomic E-state index is -0.388. The van der Waals surface area contributed by atoms with Crippen molar-refractivity contribution in [3.05, 3.63) is 64.2 Å². The Balaban J connectivity index is 1.02. The summed E-state index contributed by atoms with van der Waals surface area (Å²) >= 11 is 1.48. The van der Waals surface area contributed by atoms with Crippen molar-refractivity contribution in [1.29, 1.82) is 0 Å². The summed E-state index contributed by atoms with van der Waals surface area (Å²) in [4.78, 5) is 39.0. The lowest BCUT2D eigenvalue weighted by atomic mass is 9.99. The molecule has 0 radical (unpaired) electrons. The molecule has 0 aliphatic carbocycles. The second-order valence-electron chi connectivity index (χ2n) is 9.36. The van der Waals surface area contributed by atoms with Gasteiger partial charge in [0.1, 0.15) is 11.9 Å². The molecule has 2 atom stereocenters. The number of ether oxygens (including phenoxy) is 1. The Morgan fingerprint density at radius 2 is 1.97 bits per heavy atom. The molecule has 8 nitrogen and oxygen atoms in total. The fraction of sp³-hybridized carbons (Fsp3) is 0.346. The van der Waals surface area contributed by atoms with E-state index in [1.165, 1.54) is 23.9 Å². The van der Waals surface area contributed by atoms with Crippen molar-refractivity contribution >= 4 is 46.0 Å². The highest BCUT2D eigenvalue weighted by Gasteiger charge is 2.33. The first-order valence-corrected chi connectivity index (χ1v) is 13.0. The monoisotopic (exact) mass is 508 g/mol. The number of pyridine rings is 1. The number of carbonyl (C=O) groups excluding carboxylic acids is 2. The highest BCUT2D eigenvalue weighted by Crippen LogP contribution is 2.36. The molecule has 186 valence electrons. The third-order valence-corrected chi connectivity index (χ3v) is 8.07. The van der Waals surface area contributed by atoms with Gasteiger partial charge in [-0.05, 0) is 61.2 Å². The molecule has 1 aromatic heterocycles. The molecule has 2 amide bonds. The Bertz CT molecular complexity index is 1440. The van der Waals surface area contributed by atoms with Crippen LogP contribution in [0.4, 0.5) is 20.6 Å². The molecule has 4 heterocycles. The average Bonchev–Trinajstić information content (AvgIpc) is 3.44. The number of aromatic nitrogens is 1. The summed E-state index contributed by atoms with van der Waals surface area (Å²) in [6, 6.07) is 12.1. The minimum Gasteiger partial charge on any atom is -0.444 e. The maximum Gasteiger partial charge on any atom is 0.414 e.